The number of hydrogen-bond donors (Lipinski definition) is 1. The molecule has 38 heavy (non-hydrogen) atoms. The molecular weight excluding hydrogens is 458 g/mol. The van der Waals surface area contributed by atoms with Gasteiger partial charge in [-0.2, -0.15) is 0 Å². The van der Waals surface area contributed by atoms with Crippen LogP contribution in [0, 0.1) is 35.0 Å². The van der Waals surface area contributed by atoms with Crippen LogP contribution in [0.3, 0.4) is 0 Å². The lowest BCUT2D eigenvalue weighted by Crippen LogP contribution is -2.34. The van der Waals surface area contributed by atoms with Crippen LogP contribution in [0.1, 0.15) is 104 Å². The molecule has 0 bridgehead atoms. The van der Waals surface area contributed by atoms with Crippen LogP contribution in [0.25, 0.3) is 0 Å². The lowest BCUT2D eigenvalue weighted by atomic mass is 9.59. The highest BCUT2D eigenvalue weighted by atomic mass is 14.8. The molecule has 0 aromatic heterocycles. The van der Waals surface area contributed by atoms with Gasteiger partial charge in [-0.25, -0.2) is 0 Å². The maximum atomic E-state index is 3.48. The number of hydrogen-bond acceptors (Lipinski definition) is 1. The van der Waals surface area contributed by atoms with E-state index in [1.165, 1.54) is 36.8 Å². The standard InChI is InChI=1S/C37H53N/c1-8-9-13-32-25-38-19-12-10-11-14-34(32)33(24-37-22-28(6)20-35(37)29(7)23-37)21-30-15-17-31(18-16-30)36(26(2)3)27(4)5/h8-12,15-19,25-28,33-34,36,38H,13-14,20-24H2,1-7H3/b9-8-,11-10-,19-12-,32-25-. The molecule has 1 saturated carbocycles. The van der Waals surface area contributed by atoms with Crippen molar-refractivity contribution in [2.45, 2.75) is 99.3 Å². The van der Waals surface area contributed by atoms with Gasteiger partial charge in [-0.3, -0.25) is 0 Å². The predicted octanol–water partition coefficient (Wildman–Crippen LogP) is 10.3. The Morgan fingerprint density at radius 2 is 1.79 bits per heavy atom. The van der Waals surface area contributed by atoms with E-state index >= 15 is 0 Å². The van der Waals surface area contributed by atoms with E-state index in [0.717, 1.165) is 25.2 Å². The van der Waals surface area contributed by atoms with Crippen LogP contribution >= 0.6 is 0 Å². The van der Waals surface area contributed by atoms with Crippen molar-refractivity contribution in [1.82, 2.24) is 5.32 Å². The molecule has 0 amide bonds. The molecule has 0 saturated heterocycles. The average molecular weight is 512 g/mol. The maximum Gasteiger partial charge on any atom is 0.000430 e. The van der Waals surface area contributed by atoms with Gasteiger partial charge in [-0.15, -0.1) is 0 Å². The summed E-state index contributed by atoms with van der Waals surface area (Å²) in [5.74, 6) is 3.95. The maximum absolute atomic E-state index is 3.48. The molecule has 1 N–H and O–H groups in total. The minimum atomic E-state index is 0.452. The van der Waals surface area contributed by atoms with Crippen molar-refractivity contribution >= 4 is 0 Å². The first kappa shape index (κ1) is 28.7. The quantitative estimate of drug-likeness (QED) is 0.308. The third-order valence-electron chi connectivity index (χ3n) is 9.74. The van der Waals surface area contributed by atoms with Crippen LogP contribution in [0.2, 0.25) is 0 Å². The van der Waals surface area contributed by atoms with Crippen molar-refractivity contribution in [1.29, 1.82) is 0 Å². The largest absolute Gasteiger partial charge is 0.368 e. The van der Waals surface area contributed by atoms with Gasteiger partial charge in [0.05, 0.1) is 0 Å². The summed E-state index contributed by atoms with van der Waals surface area (Å²) in [4.78, 5) is 0. The SMILES string of the molecule is C/C=C\C/C1=C/N/C=C\C=C/CC1C(Cc1ccc(C(C(C)C)C(C)C)cc1)CC12CC(C)=C1CC(C)C2. The molecule has 2 aliphatic carbocycles. The number of nitrogens with one attached hydrogen (secondary N) is 1. The van der Waals surface area contributed by atoms with E-state index in [-0.39, 0.29) is 0 Å². The van der Waals surface area contributed by atoms with Crippen molar-refractivity contribution < 1.29 is 0 Å². The Bertz CT molecular complexity index is 1070. The third kappa shape index (κ3) is 6.47. The number of rotatable bonds is 10. The fourth-order valence-electron chi connectivity index (χ4n) is 8.38. The molecule has 1 nitrogen and oxygen atoms in total. The van der Waals surface area contributed by atoms with Crippen LogP contribution in [0.5, 0.6) is 0 Å². The number of fused-ring (bicyclic) bond motifs is 1. The molecule has 0 radical (unpaired) electrons. The summed E-state index contributed by atoms with van der Waals surface area (Å²) in [6.45, 7) is 16.5. The third-order valence-corrected chi connectivity index (χ3v) is 9.74. The van der Waals surface area contributed by atoms with E-state index in [9.17, 15) is 0 Å². The van der Waals surface area contributed by atoms with Gasteiger partial charge in [-0.1, -0.05) is 94.3 Å². The fraction of sp³-hybridized carbons (Fsp3) is 0.568. The highest BCUT2D eigenvalue weighted by Crippen LogP contribution is 2.62. The van der Waals surface area contributed by atoms with E-state index in [4.69, 9.17) is 0 Å². The first-order chi connectivity index (χ1) is 18.2. The van der Waals surface area contributed by atoms with Crippen molar-refractivity contribution in [3.63, 3.8) is 0 Å². The second-order valence-electron chi connectivity index (χ2n) is 13.4. The van der Waals surface area contributed by atoms with E-state index in [0.29, 0.717) is 35.0 Å². The van der Waals surface area contributed by atoms with Crippen LogP contribution < -0.4 is 5.32 Å². The van der Waals surface area contributed by atoms with Crippen molar-refractivity contribution in [3.05, 3.63) is 94.9 Å². The van der Waals surface area contributed by atoms with Crippen molar-refractivity contribution in [2.75, 3.05) is 0 Å². The summed E-state index contributed by atoms with van der Waals surface area (Å²) in [6.07, 6.45) is 24.3. The van der Waals surface area contributed by atoms with E-state index in [2.05, 4.69) is 121 Å². The molecule has 206 valence electrons. The van der Waals surface area contributed by atoms with Gasteiger partial charge in [0, 0.05) is 12.4 Å². The fourth-order valence-corrected chi connectivity index (χ4v) is 8.38. The number of benzene rings is 1. The minimum Gasteiger partial charge on any atom is -0.368 e. The second-order valence-corrected chi connectivity index (χ2v) is 13.4. The molecule has 4 atom stereocenters. The Labute approximate surface area is 234 Å². The van der Waals surface area contributed by atoms with Gasteiger partial charge in [0.15, 0.2) is 0 Å². The van der Waals surface area contributed by atoms with Crippen molar-refractivity contribution in [2.24, 2.45) is 35.0 Å². The topological polar surface area (TPSA) is 12.0 Å². The predicted molar refractivity (Wildman–Crippen MR) is 166 cm³/mol. The molecule has 3 aliphatic rings. The summed E-state index contributed by atoms with van der Waals surface area (Å²) in [5.41, 5.74) is 8.52. The molecule has 1 fully saturated rings. The molecule has 1 aromatic rings. The van der Waals surface area contributed by atoms with E-state index < -0.39 is 0 Å². The summed E-state index contributed by atoms with van der Waals surface area (Å²) in [5, 5.41) is 3.48. The van der Waals surface area contributed by atoms with Gasteiger partial charge in [0.1, 0.15) is 0 Å². The van der Waals surface area contributed by atoms with Gasteiger partial charge in [-0.05, 0) is 122 Å². The monoisotopic (exact) mass is 511 g/mol. The summed E-state index contributed by atoms with van der Waals surface area (Å²) in [6, 6.07) is 9.80. The second kappa shape index (κ2) is 12.7. The molecule has 1 aliphatic heterocycles. The van der Waals surface area contributed by atoms with Crippen LogP contribution in [0.15, 0.2) is 83.8 Å². The van der Waals surface area contributed by atoms with Gasteiger partial charge in [0.25, 0.3) is 0 Å². The van der Waals surface area contributed by atoms with Crippen LogP contribution in [0.4, 0.5) is 0 Å². The van der Waals surface area contributed by atoms with Gasteiger partial charge >= 0.3 is 0 Å². The molecule has 1 heterocycles. The number of allylic oxidation sites excluding steroid dienone is 8. The molecular formula is C37H53N. The first-order valence-corrected chi connectivity index (χ1v) is 15.4. The lowest BCUT2D eigenvalue weighted by Gasteiger charge is -2.45. The Morgan fingerprint density at radius 1 is 1.05 bits per heavy atom. The minimum absolute atomic E-state index is 0.452. The Hall–Kier alpha value is -2.28. The molecule has 1 heteroatoms. The van der Waals surface area contributed by atoms with Gasteiger partial charge < -0.3 is 5.32 Å². The van der Waals surface area contributed by atoms with Crippen LogP contribution in [-0.2, 0) is 6.42 Å². The zero-order valence-corrected chi connectivity index (χ0v) is 25.3. The Balaban J connectivity index is 1.66. The normalized spacial score (nSPS) is 29.4. The molecule has 0 spiro atoms. The zero-order valence-electron chi connectivity index (χ0n) is 25.3. The highest BCUT2D eigenvalue weighted by Gasteiger charge is 2.50. The van der Waals surface area contributed by atoms with Crippen molar-refractivity contribution in [3.8, 4) is 0 Å². The Kier molecular flexibility index (Phi) is 9.61. The first-order valence-electron chi connectivity index (χ1n) is 15.4. The molecule has 4 rings (SSSR count). The Morgan fingerprint density at radius 3 is 2.45 bits per heavy atom. The molecule has 4 unspecified atom stereocenters. The highest BCUT2D eigenvalue weighted by molar-refractivity contribution is 5.38. The zero-order chi connectivity index (χ0) is 27.3. The van der Waals surface area contributed by atoms with E-state index in [1.54, 1.807) is 11.1 Å². The summed E-state index contributed by atoms with van der Waals surface area (Å²) in [7, 11) is 0. The smallest absolute Gasteiger partial charge is 0.000430 e. The van der Waals surface area contributed by atoms with Crippen LogP contribution in [-0.4, -0.2) is 0 Å². The van der Waals surface area contributed by atoms with E-state index in [1.807, 2.05) is 5.57 Å². The summed E-state index contributed by atoms with van der Waals surface area (Å²) >= 11 is 0. The lowest BCUT2D eigenvalue weighted by molar-refractivity contribution is 0.190. The average Bonchev–Trinajstić information content (AvgIpc) is 3.19. The molecule has 1 aromatic carbocycles. The summed E-state index contributed by atoms with van der Waals surface area (Å²) < 4.78 is 0. The van der Waals surface area contributed by atoms with Gasteiger partial charge in [0.2, 0.25) is 0 Å².